The maximum atomic E-state index is 12.8. The molecule has 31 heavy (non-hydrogen) atoms. The second kappa shape index (κ2) is 8.42. The maximum absolute atomic E-state index is 12.8. The van der Waals surface area contributed by atoms with E-state index in [0.717, 1.165) is 12.8 Å². The van der Waals surface area contributed by atoms with Crippen LogP contribution in [-0.4, -0.2) is 48.6 Å². The number of benzene rings is 2. The molecule has 1 amide bonds. The van der Waals surface area contributed by atoms with E-state index in [0.29, 0.717) is 31.1 Å². The van der Waals surface area contributed by atoms with Gasteiger partial charge in [-0.2, -0.15) is 17.5 Å². The van der Waals surface area contributed by atoms with Crippen molar-refractivity contribution < 1.29 is 31.5 Å². The minimum atomic E-state index is -5.15. The van der Waals surface area contributed by atoms with Crippen molar-refractivity contribution >= 4 is 33.2 Å². The average Bonchev–Trinajstić information content (AvgIpc) is 3.24. The van der Waals surface area contributed by atoms with Crippen LogP contribution in [0.3, 0.4) is 0 Å². The Balaban J connectivity index is 1.79. The van der Waals surface area contributed by atoms with Gasteiger partial charge in [-0.15, -0.1) is 0 Å². The lowest BCUT2D eigenvalue weighted by atomic mass is 10.0. The molecule has 6 nitrogen and oxygen atoms in total. The number of hydrogen-bond acceptors (Lipinski definition) is 4. The number of anilines is 1. The Morgan fingerprint density at radius 2 is 1.61 bits per heavy atom. The fourth-order valence-corrected chi connectivity index (χ4v) is 4.81. The molecule has 2 aromatic carbocycles. The number of rotatable bonds is 5. The van der Waals surface area contributed by atoms with Crippen LogP contribution in [0.5, 0.6) is 0 Å². The predicted octanol–water partition coefficient (Wildman–Crippen LogP) is 4.04. The van der Waals surface area contributed by atoms with Gasteiger partial charge in [0.25, 0.3) is 5.91 Å². The lowest BCUT2D eigenvalue weighted by molar-refractivity contribution is -0.242. The highest BCUT2D eigenvalue weighted by atomic mass is 35.5. The van der Waals surface area contributed by atoms with E-state index in [9.17, 15) is 31.5 Å². The van der Waals surface area contributed by atoms with Crippen molar-refractivity contribution in [2.45, 2.75) is 36.4 Å². The van der Waals surface area contributed by atoms with Crippen molar-refractivity contribution in [3.63, 3.8) is 0 Å². The molecular formula is C20H20ClF3N2O4S. The number of halogens is 4. The molecule has 2 N–H and O–H groups in total. The fraction of sp³-hybridized carbons (Fsp3) is 0.350. The van der Waals surface area contributed by atoms with Crippen LogP contribution in [0.4, 0.5) is 18.9 Å². The Morgan fingerprint density at radius 1 is 1.06 bits per heavy atom. The van der Waals surface area contributed by atoms with E-state index in [4.69, 9.17) is 11.6 Å². The second-order valence-corrected chi connectivity index (χ2v) is 9.70. The predicted molar refractivity (Wildman–Crippen MR) is 110 cm³/mol. The molecule has 0 bridgehead atoms. The Kier molecular flexibility index (Phi) is 6.39. The van der Waals surface area contributed by atoms with Gasteiger partial charge in [0.2, 0.25) is 15.6 Å². The van der Waals surface area contributed by atoms with Crippen LogP contribution in [0, 0.1) is 0 Å². The van der Waals surface area contributed by atoms with Crippen LogP contribution in [0.1, 0.15) is 19.8 Å². The smallest absolute Gasteiger partial charge is 0.373 e. The van der Waals surface area contributed by atoms with Crippen molar-refractivity contribution in [1.82, 2.24) is 4.31 Å². The van der Waals surface area contributed by atoms with Gasteiger partial charge in [-0.05, 0) is 55.2 Å². The Labute approximate surface area is 182 Å². The summed E-state index contributed by atoms with van der Waals surface area (Å²) in [5.74, 6) is -1.66. The molecule has 0 aliphatic carbocycles. The van der Waals surface area contributed by atoms with Crippen molar-refractivity contribution in [2.75, 3.05) is 18.4 Å². The number of nitrogens with one attached hydrogen (secondary N) is 1. The van der Waals surface area contributed by atoms with Gasteiger partial charge in [0, 0.05) is 13.1 Å². The number of alkyl halides is 3. The summed E-state index contributed by atoms with van der Waals surface area (Å²) < 4.78 is 65.0. The third-order valence-corrected chi connectivity index (χ3v) is 7.33. The summed E-state index contributed by atoms with van der Waals surface area (Å²) in [6.45, 7) is 1.34. The average molecular weight is 477 g/mol. The molecule has 0 saturated carbocycles. The molecule has 3 rings (SSSR count). The van der Waals surface area contributed by atoms with E-state index in [1.54, 1.807) is 12.1 Å². The molecule has 1 saturated heterocycles. The van der Waals surface area contributed by atoms with Crippen LogP contribution in [-0.2, 0) is 14.8 Å². The van der Waals surface area contributed by atoms with Crippen LogP contribution < -0.4 is 5.32 Å². The molecule has 0 radical (unpaired) electrons. The summed E-state index contributed by atoms with van der Waals surface area (Å²) in [5.41, 5.74) is -2.49. The van der Waals surface area contributed by atoms with Crippen LogP contribution in [0.15, 0.2) is 47.4 Å². The van der Waals surface area contributed by atoms with E-state index in [1.807, 2.05) is 5.32 Å². The number of nitrogens with zero attached hydrogens (tertiary/aromatic N) is 1. The first-order chi connectivity index (χ1) is 14.3. The molecule has 1 aliphatic rings. The zero-order valence-electron chi connectivity index (χ0n) is 16.4. The van der Waals surface area contributed by atoms with E-state index < -0.39 is 27.7 Å². The summed E-state index contributed by atoms with van der Waals surface area (Å²) in [7, 11) is -3.55. The molecule has 168 valence electrons. The first kappa shape index (κ1) is 23.5. The molecule has 1 heterocycles. The van der Waals surface area contributed by atoms with Gasteiger partial charge >= 0.3 is 6.18 Å². The SMILES string of the molecule is C[C@@](O)(C(=O)Nc1ccc(-c2ccc(S(=O)(=O)N3CCCC3)cc2)cc1Cl)C(F)(F)F. The first-order valence-electron chi connectivity index (χ1n) is 9.35. The number of sulfonamides is 1. The minimum absolute atomic E-state index is 0.0439. The number of carbonyl (C=O) groups is 1. The molecule has 0 spiro atoms. The number of aliphatic hydroxyl groups is 1. The third kappa shape index (κ3) is 4.72. The van der Waals surface area contributed by atoms with Gasteiger partial charge in [-0.1, -0.05) is 29.8 Å². The standard InChI is InChI=1S/C20H20ClF3N2O4S/c1-19(28,20(22,23)24)18(27)25-17-9-6-14(12-16(17)21)13-4-7-15(8-5-13)31(29,30)26-10-2-3-11-26/h4-9,12,28H,2-3,10-11H2,1H3,(H,25,27)/t19-/m1/s1. The van der Waals surface area contributed by atoms with E-state index in [1.165, 1.54) is 34.6 Å². The molecule has 0 unspecified atom stereocenters. The molecule has 1 aliphatic heterocycles. The van der Waals surface area contributed by atoms with Crippen LogP contribution >= 0.6 is 11.6 Å². The second-order valence-electron chi connectivity index (χ2n) is 7.35. The lowest BCUT2D eigenvalue weighted by Crippen LogP contribution is -2.52. The number of carbonyl (C=O) groups excluding carboxylic acids is 1. The summed E-state index contributed by atoms with van der Waals surface area (Å²) in [4.78, 5) is 12.0. The van der Waals surface area contributed by atoms with Gasteiger partial charge < -0.3 is 10.4 Å². The van der Waals surface area contributed by atoms with Crippen molar-refractivity contribution in [1.29, 1.82) is 0 Å². The Bertz CT molecular complexity index is 1080. The van der Waals surface area contributed by atoms with Crippen LogP contribution in [0.25, 0.3) is 11.1 Å². The van der Waals surface area contributed by atoms with Gasteiger partial charge in [-0.25, -0.2) is 8.42 Å². The third-order valence-electron chi connectivity index (χ3n) is 5.10. The highest BCUT2D eigenvalue weighted by molar-refractivity contribution is 7.89. The molecule has 11 heteroatoms. The number of hydrogen-bond donors (Lipinski definition) is 2. The molecule has 1 fully saturated rings. The summed E-state index contributed by atoms with van der Waals surface area (Å²) in [6.07, 6.45) is -3.49. The van der Waals surface area contributed by atoms with Crippen molar-refractivity contribution in [3.05, 3.63) is 47.5 Å². The van der Waals surface area contributed by atoms with Gasteiger partial charge in [0.1, 0.15) is 0 Å². The topological polar surface area (TPSA) is 86.7 Å². The van der Waals surface area contributed by atoms with Crippen LogP contribution in [0.2, 0.25) is 5.02 Å². The summed E-state index contributed by atoms with van der Waals surface area (Å²) in [5, 5.41) is 11.4. The monoisotopic (exact) mass is 476 g/mol. The highest BCUT2D eigenvalue weighted by Gasteiger charge is 2.55. The summed E-state index contributed by atoms with van der Waals surface area (Å²) in [6, 6.07) is 10.4. The fourth-order valence-electron chi connectivity index (χ4n) is 3.07. The molecule has 2 aromatic rings. The first-order valence-corrected chi connectivity index (χ1v) is 11.2. The van der Waals surface area contributed by atoms with Gasteiger partial charge in [0.05, 0.1) is 15.6 Å². The van der Waals surface area contributed by atoms with Gasteiger partial charge in [0.15, 0.2) is 0 Å². The number of amides is 1. The Morgan fingerprint density at radius 3 is 2.13 bits per heavy atom. The van der Waals surface area contributed by atoms with E-state index in [-0.39, 0.29) is 15.6 Å². The quantitative estimate of drug-likeness (QED) is 0.681. The summed E-state index contributed by atoms with van der Waals surface area (Å²) >= 11 is 6.10. The van der Waals surface area contributed by atoms with E-state index >= 15 is 0 Å². The van der Waals surface area contributed by atoms with E-state index in [2.05, 4.69) is 0 Å². The minimum Gasteiger partial charge on any atom is -0.373 e. The molecular weight excluding hydrogens is 457 g/mol. The molecule has 1 atom stereocenters. The Hall–Kier alpha value is -2.14. The lowest BCUT2D eigenvalue weighted by Gasteiger charge is -2.25. The maximum Gasteiger partial charge on any atom is 0.426 e. The zero-order chi connectivity index (χ0) is 23.0. The van der Waals surface area contributed by atoms with Crippen molar-refractivity contribution in [2.24, 2.45) is 0 Å². The van der Waals surface area contributed by atoms with Gasteiger partial charge in [-0.3, -0.25) is 4.79 Å². The van der Waals surface area contributed by atoms with Crippen molar-refractivity contribution in [3.8, 4) is 11.1 Å². The largest absolute Gasteiger partial charge is 0.426 e. The zero-order valence-corrected chi connectivity index (χ0v) is 18.0. The molecule has 0 aromatic heterocycles. The highest BCUT2D eigenvalue weighted by Crippen LogP contribution is 2.34. The normalized spacial score (nSPS) is 17.4.